The van der Waals surface area contributed by atoms with Crippen LogP contribution in [0.5, 0.6) is 0 Å². The number of alkyl carbamates (subject to hydrolysis) is 1. The molecule has 0 aliphatic heterocycles. The molecule has 21 heavy (non-hydrogen) atoms. The van der Waals surface area contributed by atoms with Gasteiger partial charge in [0.05, 0.1) is 0 Å². The second kappa shape index (κ2) is 6.55. The zero-order chi connectivity index (χ0) is 15.5. The molecule has 0 heterocycles. The Hall–Kier alpha value is -0.770. The number of carbonyl (C=O) groups excluding carboxylic acids is 1. The molecular weight excluding hydrogens is 264 g/mol. The molecule has 4 heteroatoms. The van der Waals surface area contributed by atoms with Gasteiger partial charge in [0.15, 0.2) is 0 Å². The van der Waals surface area contributed by atoms with Crippen LogP contribution in [0, 0.1) is 5.41 Å². The molecule has 0 bridgehead atoms. The molecule has 0 aromatic carbocycles. The third-order valence-electron chi connectivity index (χ3n) is 4.66. The molecule has 2 unspecified atom stereocenters. The van der Waals surface area contributed by atoms with Crippen molar-refractivity contribution in [1.82, 2.24) is 10.6 Å². The summed E-state index contributed by atoms with van der Waals surface area (Å²) in [5.41, 5.74) is 0.185. The summed E-state index contributed by atoms with van der Waals surface area (Å²) in [6.07, 6.45) is 8.38. The number of nitrogens with one attached hydrogen (secondary N) is 2. The van der Waals surface area contributed by atoms with E-state index in [1.165, 1.54) is 25.7 Å². The summed E-state index contributed by atoms with van der Waals surface area (Å²) >= 11 is 0. The molecule has 0 spiro atoms. The predicted octanol–water partition coefficient (Wildman–Crippen LogP) is 3.60. The number of carbonyl (C=O) groups is 1. The molecule has 2 rings (SSSR count). The summed E-state index contributed by atoms with van der Waals surface area (Å²) in [6.45, 7) is 9.12. The van der Waals surface area contributed by atoms with E-state index < -0.39 is 5.60 Å². The highest BCUT2D eigenvalue weighted by atomic mass is 16.6. The Morgan fingerprint density at radius 2 is 1.90 bits per heavy atom. The number of ether oxygens (including phenoxy) is 1. The van der Waals surface area contributed by atoms with Gasteiger partial charge >= 0.3 is 6.09 Å². The first-order valence-electron chi connectivity index (χ1n) is 8.55. The molecule has 2 aliphatic carbocycles. The third-order valence-corrected chi connectivity index (χ3v) is 4.66. The molecule has 2 atom stereocenters. The van der Waals surface area contributed by atoms with Crippen molar-refractivity contribution in [3.05, 3.63) is 0 Å². The number of amides is 1. The lowest BCUT2D eigenvalue weighted by molar-refractivity contribution is 0.0505. The van der Waals surface area contributed by atoms with Crippen molar-refractivity contribution >= 4 is 6.09 Å². The Morgan fingerprint density at radius 3 is 2.48 bits per heavy atom. The van der Waals surface area contributed by atoms with Crippen LogP contribution < -0.4 is 10.6 Å². The molecule has 2 fully saturated rings. The standard InChI is InChI=1S/C17H32N2O2/c1-5-8-17(9-10-17)12-18-13-6-7-14(11-13)19-15(20)21-16(2,3)4/h13-14,18H,5-12H2,1-4H3,(H,19,20). The van der Waals surface area contributed by atoms with Crippen molar-refractivity contribution in [3.8, 4) is 0 Å². The van der Waals surface area contributed by atoms with Gasteiger partial charge in [0.1, 0.15) is 5.60 Å². The quantitative estimate of drug-likeness (QED) is 0.787. The van der Waals surface area contributed by atoms with Gasteiger partial charge in [-0.1, -0.05) is 13.3 Å². The van der Waals surface area contributed by atoms with Crippen molar-refractivity contribution in [1.29, 1.82) is 0 Å². The van der Waals surface area contributed by atoms with E-state index in [1.807, 2.05) is 20.8 Å². The van der Waals surface area contributed by atoms with Crippen LogP contribution >= 0.6 is 0 Å². The molecule has 2 aliphatic rings. The molecule has 122 valence electrons. The van der Waals surface area contributed by atoms with Gasteiger partial charge < -0.3 is 15.4 Å². The zero-order valence-corrected chi connectivity index (χ0v) is 14.1. The molecule has 2 saturated carbocycles. The highest BCUT2D eigenvalue weighted by molar-refractivity contribution is 5.68. The smallest absolute Gasteiger partial charge is 0.407 e. The van der Waals surface area contributed by atoms with Gasteiger partial charge in [-0.2, -0.15) is 0 Å². The fourth-order valence-electron chi connectivity index (χ4n) is 3.36. The molecule has 0 aromatic rings. The minimum absolute atomic E-state index is 0.263. The molecule has 2 N–H and O–H groups in total. The van der Waals surface area contributed by atoms with E-state index >= 15 is 0 Å². The summed E-state index contributed by atoms with van der Waals surface area (Å²) in [4.78, 5) is 11.8. The van der Waals surface area contributed by atoms with Crippen LogP contribution in [-0.2, 0) is 4.74 Å². The topological polar surface area (TPSA) is 50.4 Å². The monoisotopic (exact) mass is 296 g/mol. The SMILES string of the molecule is CCCC1(CNC2CCC(NC(=O)OC(C)(C)C)C2)CC1. The number of hydrogen-bond donors (Lipinski definition) is 2. The highest BCUT2D eigenvalue weighted by Gasteiger charge is 2.41. The van der Waals surface area contributed by atoms with Gasteiger partial charge in [0.2, 0.25) is 0 Å². The zero-order valence-electron chi connectivity index (χ0n) is 14.1. The second-order valence-electron chi connectivity index (χ2n) is 7.98. The van der Waals surface area contributed by atoms with E-state index in [4.69, 9.17) is 4.74 Å². The van der Waals surface area contributed by atoms with Crippen molar-refractivity contribution in [3.63, 3.8) is 0 Å². The first-order chi connectivity index (χ1) is 9.82. The average molecular weight is 296 g/mol. The first-order valence-corrected chi connectivity index (χ1v) is 8.55. The van der Waals surface area contributed by atoms with Gasteiger partial charge in [0, 0.05) is 18.6 Å². The van der Waals surface area contributed by atoms with E-state index in [0.29, 0.717) is 11.5 Å². The summed E-state index contributed by atoms with van der Waals surface area (Å²) in [7, 11) is 0. The fourth-order valence-corrected chi connectivity index (χ4v) is 3.36. The normalized spacial score (nSPS) is 27.4. The maximum absolute atomic E-state index is 11.8. The van der Waals surface area contributed by atoms with Gasteiger partial charge in [0.25, 0.3) is 0 Å². The summed E-state index contributed by atoms with van der Waals surface area (Å²) in [5.74, 6) is 0. The van der Waals surface area contributed by atoms with Gasteiger partial charge in [-0.15, -0.1) is 0 Å². The van der Waals surface area contributed by atoms with Crippen molar-refractivity contribution in [2.45, 2.75) is 90.3 Å². The van der Waals surface area contributed by atoms with Crippen molar-refractivity contribution in [2.24, 2.45) is 5.41 Å². The van der Waals surface area contributed by atoms with Crippen LogP contribution in [0.2, 0.25) is 0 Å². The Labute approximate surface area is 129 Å². The van der Waals surface area contributed by atoms with Gasteiger partial charge in [-0.25, -0.2) is 4.79 Å². The van der Waals surface area contributed by atoms with E-state index in [-0.39, 0.29) is 12.1 Å². The minimum atomic E-state index is -0.418. The average Bonchev–Trinajstić information content (AvgIpc) is 2.97. The fraction of sp³-hybridized carbons (Fsp3) is 0.941. The molecule has 1 amide bonds. The minimum Gasteiger partial charge on any atom is -0.444 e. The van der Waals surface area contributed by atoms with Crippen LogP contribution in [0.25, 0.3) is 0 Å². The van der Waals surface area contributed by atoms with Gasteiger partial charge in [-0.3, -0.25) is 0 Å². The molecular formula is C17H32N2O2. The summed E-state index contributed by atoms with van der Waals surface area (Å²) in [6, 6.07) is 0.818. The van der Waals surface area contributed by atoms with Crippen molar-refractivity contribution in [2.75, 3.05) is 6.54 Å². The molecule has 0 radical (unpaired) electrons. The lowest BCUT2D eigenvalue weighted by atomic mass is 10.0. The van der Waals surface area contributed by atoms with Crippen molar-refractivity contribution < 1.29 is 9.53 Å². The largest absolute Gasteiger partial charge is 0.444 e. The van der Waals surface area contributed by atoms with Crippen LogP contribution in [0.4, 0.5) is 4.79 Å². The number of hydrogen-bond acceptors (Lipinski definition) is 3. The van der Waals surface area contributed by atoms with E-state index in [2.05, 4.69) is 17.6 Å². The molecule has 4 nitrogen and oxygen atoms in total. The molecule has 0 saturated heterocycles. The van der Waals surface area contributed by atoms with Crippen LogP contribution in [-0.4, -0.2) is 30.3 Å². The predicted molar refractivity (Wildman–Crippen MR) is 85.4 cm³/mol. The lowest BCUT2D eigenvalue weighted by Gasteiger charge is -2.22. The Bertz CT molecular complexity index is 358. The Balaban J connectivity index is 1.65. The third kappa shape index (κ3) is 5.50. The Morgan fingerprint density at radius 1 is 1.24 bits per heavy atom. The van der Waals surface area contributed by atoms with Crippen LogP contribution in [0.3, 0.4) is 0 Å². The van der Waals surface area contributed by atoms with E-state index in [0.717, 1.165) is 25.8 Å². The lowest BCUT2D eigenvalue weighted by Crippen LogP contribution is -2.39. The number of rotatable bonds is 6. The maximum Gasteiger partial charge on any atom is 0.407 e. The maximum atomic E-state index is 11.8. The molecule has 0 aromatic heterocycles. The summed E-state index contributed by atoms with van der Waals surface area (Å²) in [5, 5.41) is 6.73. The van der Waals surface area contributed by atoms with Gasteiger partial charge in [-0.05, 0) is 64.7 Å². The van der Waals surface area contributed by atoms with E-state index in [9.17, 15) is 4.79 Å². The van der Waals surface area contributed by atoms with Crippen LogP contribution in [0.1, 0.15) is 72.6 Å². The van der Waals surface area contributed by atoms with Crippen LogP contribution in [0.15, 0.2) is 0 Å². The van der Waals surface area contributed by atoms with E-state index in [1.54, 1.807) is 0 Å². The summed E-state index contributed by atoms with van der Waals surface area (Å²) < 4.78 is 5.32. The Kier molecular flexibility index (Phi) is 5.18. The highest BCUT2D eigenvalue weighted by Crippen LogP contribution is 2.49. The first kappa shape index (κ1) is 16.6. The second-order valence-corrected chi connectivity index (χ2v) is 7.98.